The third kappa shape index (κ3) is 17.7. The zero-order valence-electron chi connectivity index (χ0n) is 7.89. The first-order chi connectivity index (χ1) is 5.08. The van der Waals surface area contributed by atoms with Crippen LogP contribution in [0.25, 0.3) is 0 Å². The summed E-state index contributed by atoms with van der Waals surface area (Å²) in [7, 11) is 0. The van der Waals surface area contributed by atoms with E-state index in [0.717, 1.165) is 6.42 Å². The van der Waals surface area contributed by atoms with Gasteiger partial charge in [0, 0.05) is 5.92 Å². The van der Waals surface area contributed by atoms with Gasteiger partial charge in [-0.1, -0.05) is 13.8 Å². The van der Waals surface area contributed by atoms with E-state index in [0.29, 0.717) is 6.42 Å². The van der Waals surface area contributed by atoms with Crippen LogP contribution in [-0.2, 0) is 0 Å². The molecule has 0 spiro atoms. The number of alkyl halides is 1. The normalized spacial score (nSPS) is 13.8. The number of halogens is 1. The smallest absolute Gasteiger partial charge is 0.0971 e. The fourth-order valence-electron chi connectivity index (χ4n) is 0.0913. The molecule has 2 heteroatoms. The lowest BCUT2D eigenvalue weighted by Gasteiger charge is -1.87. The zero-order chi connectivity index (χ0) is 9.28. The van der Waals surface area contributed by atoms with E-state index in [-0.39, 0.29) is 5.92 Å². The molecular weight excluding hydrogens is 141 g/mol. The van der Waals surface area contributed by atoms with Crippen LogP contribution in [-0.4, -0.2) is 6.17 Å². The van der Waals surface area contributed by atoms with Gasteiger partial charge < -0.3 is 0 Å². The quantitative estimate of drug-likeness (QED) is 0.606. The van der Waals surface area contributed by atoms with Gasteiger partial charge in [-0.25, -0.2) is 4.39 Å². The van der Waals surface area contributed by atoms with Crippen LogP contribution in [0.5, 0.6) is 0 Å². The summed E-state index contributed by atoms with van der Waals surface area (Å²) in [5, 5.41) is 8.08. The van der Waals surface area contributed by atoms with Crippen molar-refractivity contribution >= 4 is 0 Å². The topological polar surface area (TPSA) is 23.8 Å². The second-order valence-electron chi connectivity index (χ2n) is 2.63. The highest BCUT2D eigenvalue weighted by molar-refractivity contribution is 4.76. The predicted molar refractivity (Wildman–Crippen MR) is 45.9 cm³/mol. The average molecular weight is 159 g/mol. The molecule has 0 amide bonds. The highest BCUT2D eigenvalue weighted by Gasteiger charge is 1.88. The monoisotopic (exact) mass is 159 g/mol. The number of rotatable bonds is 2. The van der Waals surface area contributed by atoms with Gasteiger partial charge in [-0.05, 0) is 26.7 Å². The molecule has 11 heavy (non-hydrogen) atoms. The molecule has 0 N–H and O–H groups in total. The molecule has 0 aliphatic carbocycles. The lowest BCUT2D eigenvalue weighted by Crippen LogP contribution is -1.83. The molecule has 0 aliphatic rings. The molecular formula is C9H18FN. The van der Waals surface area contributed by atoms with E-state index >= 15 is 0 Å². The predicted octanol–water partition coefficient (Wildman–Crippen LogP) is 3.31. The zero-order valence-corrected chi connectivity index (χ0v) is 7.89. The van der Waals surface area contributed by atoms with Crippen LogP contribution >= 0.6 is 0 Å². The Morgan fingerprint density at radius 2 is 1.64 bits per heavy atom. The van der Waals surface area contributed by atoms with E-state index in [1.807, 2.05) is 20.8 Å². The van der Waals surface area contributed by atoms with Crippen LogP contribution in [0.1, 0.15) is 40.5 Å². The summed E-state index contributed by atoms with van der Waals surface area (Å²) in [5.74, 6) is 0.241. The Morgan fingerprint density at radius 1 is 1.27 bits per heavy atom. The minimum Gasteiger partial charge on any atom is -0.248 e. The summed E-state index contributed by atoms with van der Waals surface area (Å²) in [6.45, 7) is 7.30. The highest BCUT2D eigenvalue weighted by Crippen LogP contribution is 1.94. The molecule has 2 unspecified atom stereocenters. The molecule has 2 atom stereocenters. The molecule has 0 aliphatic heterocycles. The van der Waals surface area contributed by atoms with Crippen molar-refractivity contribution in [3.05, 3.63) is 0 Å². The SMILES string of the molecule is CCC(C)C#N.CCC(C)F. The number of nitriles is 1. The van der Waals surface area contributed by atoms with Gasteiger partial charge in [-0.3, -0.25) is 0 Å². The Bertz CT molecular complexity index is 105. The molecule has 0 aromatic heterocycles. The van der Waals surface area contributed by atoms with Gasteiger partial charge in [-0.2, -0.15) is 5.26 Å². The van der Waals surface area contributed by atoms with Crippen LogP contribution in [0.2, 0.25) is 0 Å². The third-order valence-electron chi connectivity index (χ3n) is 1.40. The Hall–Kier alpha value is -0.580. The first-order valence-electron chi connectivity index (χ1n) is 4.12. The molecule has 66 valence electrons. The molecule has 0 saturated heterocycles. The van der Waals surface area contributed by atoms with Crippen LogP contribution < -0.4 is 0 Å². The first kappa shape index (κ1) is 13.0. The largest absolute Gasteiger partial charge is 0.248 e. The molecule has 0 heterocycles. The summed E-state index contributed by atoms with van der Waals surface area (Å²) in [5.41, 5.74) is 0. The van der Waals surface area contributed by atoms with Gasteiger partial charge in [0.1, 0.15) is 0 Å². The lowest BCUT2D eigenvalue weighted by atomic mass is 10.2. The van der Waals surface area contributed by atoms with E-state index in [2.05, 4.69) is 6.07 Å². The molecule has 0 fully saturated rings. The van der Waals surface area contributed by atoms with E-state index < -0.39 is 6.17 Å². The van der Waals surface area contributed by atoms with Crippen LogP contribution in [0.15, 0.2) is 0 Å². The van der Waals surface area contributed by atoms with E-state index in [9.17, 15) is 4.39 Å². The molecule has 0 saturated carbocycles. The van der Waals surface area contributed by atoms with E-state index in [1.165, 1.54) is 0 Å². The maximum Gasteiger partial charge on any atom is 0.0971 e. The fourth-order valence-corrected chi connectivity index (χ4v) is 0.0913. The summed E-state index contributed by atoms with van der Waals surface area (Å²) < 4.78 is 11.4. The average Bonchev–Trinajstić information content (AvgIpc) is 2.04. The van der Waals surface area contributed by atoms with Crippen LogP contribution in [0.4, 0.5) is 4.39 Å². The van der Waals surface area contributed by atoms with Gasteiger partial charge in [0.25, 0.3) is 0 Å². The molecule has 0 rings (SSSR count). The molecule has 0 bridgehead atoms. The van der Waals surface area contributed by atoms with Crippen molar-refractivity contribution in [2.24, 2.45) is 5.92 Å². The Labute approximate surface area is 69.2 Å². The van der Waals surface area contributed by atoms with E-state index in [4.69, 9.17) is 5.26 Å². The standard InChI is InChI=1S/C5H9N.C4H9F/c1-3-5(2)4-6;1-3-4(2)5/h5H,3H2,1-2H3;4H,3H2,1-2H3. The van der Waals surface area contributed by atoms with Crippen LogP contribution in [0.3, 0.4) is 0 Å². The van der Waals surface area contributed by atoms with Gasteiger partial charge in [0.2, 0.25) is 0 Å². The molecule has 0 aromatic carbocycles. The van der Waals surface area contributed by atoms with Crippen molar-refractivity contribution in [1.82, 2.24) is 0 Å². The molecule has 1 nitrogen and oxygen atoms in total. The Balaban J connectivity index is 0. The second-order valence-corrected chi connectivity index (χ2v) is 2.63. The minimum atomic E-state index is -0.616. The first-order valence-corrected chi connectivity index (χ1v) is 4.12. The van der Waals surface area contributed by atoms with Gasteiger partial charge in [0.15, 0.2) is 0 Å². The van der Waals surface area contributed by atoms with Crippen LogP contribution in [0, 0.1) is 17.2 Å². The Kier molecular flexibility index (Phi) is 11.2. The van der Waals surface area contributed by atoms with Crippen molar-refractivity contribution in [2.75, 3.05) is 0 Å². The summed E-state index contributed by atoms with van der Waals surface area (Å²) in [6.07, 6.45) is 0.992. The van der Waals surface area contributed by atoms with E-state index in [1.54, 1.807) is 6.92 Å². The summed E-state index contributed by atoms with van der Waals surface area (Å²) in [6, 6.07) is 2.11. The lowest BCUT2D eigenvalue weighted by molar-refractivity contribution is 0.352. The molecule has 0 radical (unpaired) electrons. The van der Waals surface area contributed by atoms with Gasteiger partial charge in [0.05, 0.1) is 12.2 Å². The second kappa shape index (κ2) is 9.42. The van der Waals surface area contributed by atoms with Gasteiger partial charge in [-0.15, -0.1) is 0 Å². The highest BCUT2D eigenvalue weighted by atomic mass is 19.1. The van der Waals surface area contributed by atoms with Crippen molar-refractivity contribution in [2.45, 2.75) is 46.7 Å². The minimum absolute atomic E-state index is 0.241. The Morgan fingerprint density at radius 3 is 1.64 bits per heavy atom. The van der Waals surface area contributed by atoms with Crippen molar-refractivity contribution in [1.29, 1.82) is 5.26 Å². The third-order valence-corrected chi connectivity index (χ3v) is 1.40. The van der Waals surface area contributed by atoms with Crippen molar-refractivity contribution in [3.63, 3.8) is 0 Å². The van der Waals surface area contributed by atoms with Crippen molar-refractivity contribution < 1.29 is 4.39 Å². The molecule has 0 aromatic rings. The van der Waals surface area contributed by atoms with Gasteiger partial charge >= 0.3 is 0 Å². The summed E-state index contributed by atoms with van der Waals surface area (Å²) in [4.78, 5) is 0. The summed E-state index contributed by atoms with van der Waals surface area (Å²) >= 11 is 0. The fraction of sp³-hybridized carbons (Fsp3) is 0.889. The number of hydrogen-bond acceptors (Lipinski definition) is 1. The maximum absolute atomic E-state index is 11.4. The number of hydrogen-bond donors (Lipinski definition) is 0. The van der Waals surface area contributed by atoms with Crippen molar-refractivity contribution in [3.8, 4) is 6.07 Å². The maximum atomic E-state index is 11.4. The number of nitrogens with zero attached hydrogens (tertiary/aromatic N) is 1.